The number of aliphatic hydroxyl groups is 1. The Morgan fingerprint density at radius 3 is 2.67 bits per heavy atom. The minimum atomic E-state index is 0.300. The molecule has 0 radical (unpaired) electrons. The molecule has 1 aliphatic rings. The van der Waals surface area contributed by atoms with Crippen molar-refractivity contribution in [3.63, 3.8) is 0 Å². The van der Waals surface area contributed by atoms with E-state index in [4.69, 9.17) is 10.8 Å². The zero-order valence-corrected chi connectivity index (χ0v) is 7.87. The molecule has 1 saturated carbocycles. The molecule has 1 aliphatic carbocycles. The third kappa shape index (κ3) is 3.09. The van der Waals surface area contributed by atoms with E-state index in [1.807, 2.05) is 0 Å². The lowest BCUT2D eigenvalue weighted by molar-refractivity contribution is 0.171. The number of rotatable bonds is 5. The third-order valence-corrected chi connectivity index (χ3v) is 2.54. The first-order valence-corrected chi connectivity index (χ1v) is 4.77. The Labute approximate surface area is 74.5 Å². The normalized spacial score (nSPS) is 29.0. The number of aliphatic hydroxyl groups excluding tert-OH is 1. The lowest BCUT2D eigenvalue weighted by Gasteiger charge is -2.35. The molecular formula is C9H20N2O. The second-order valence-corrected chi connectivity index (χ2v) is 3.94. The van der Waals surface area contributed by atoms with Crippen molar-refractivity contribution in [2.24, 2.45) is 11.7 Å². The molecule has 0 unspecified atom stereocenters. The van der Waals surface area contributed by atoms with Crippen molar-refractivity contribution in [2.75, 3.05) is 26.7 Å². The molecule has 12 heavy (non-hydrogen) atoms. The number of hydrogen-bond donors (Lipinski definition) is 2. The molecule has 72 valence electrons. The van der Waals surface area contributed by atoms with Crippen molar-refractivity contribution in [3.8, 4) is 0 Å². The van der Waals surface area contributed by atoms with Gasteiger partial charge in [-0.2, -0.15) is 0 Å². The number of nitrogens with two attached hydrogens (primary N) is 1. The van der Waals surface area contributed by atoms with E-state index in [2.05, 4.69) is 11.9 Å². The maximum atomic E-state index is 8.62. The van der Waals surface area contributed by atoms with E-state index >= 15 is 0 Å². The lowest BCUT2D eigenvalue weighted by atomic mass is 9.80. The molecule has 1 fully saturated rings. The molecule has 0 aromatic rings. The summed E-state index contributed by atoms with van der Waals surface area (Å²) in [4.78, 5) is 2.28. The molecule has 0 spiro atoms. The molecule has 0 bridgehead atoms. The summed E-state index contributed by atoms with van der Waals surface area (Å²) in [6, 6.07) is 0.459. The van der Waals surface area contributed by atoms with Crippen LogP contribution in [0.25, 0.3) is 0 Å². The van der Waals surface area contributed by atoms with Crippen LogP contribution in [0.3, 0.4) is 0 Å². The van der Waals surface area contributed by atoms with Crippen molar-refractivity contribution in [1.29, 1.82) is 0 Å². The predicted molar refractivity (Wildman–Crippen MR) is 49.9 cm³/mol. The molecule has 1 rings (SSSR count). The molecule has 0 aromatic carbocycles. The minimum absolute atomic E-state index is 0.300. The molecule has 3 N–H and O–H groups in total. The van der Waals surface area contributed by atoms with Crippen LogP contribution < -0.4 is 5.73 Å². The van der Waals surface area contributed by atoms with Crippen LogP contribution in [0, 0.1) is 5.92 Å². The first-order chi connectivity index (χ1) is 5.72. The average molecular weight is 172 g/mol. The van der Waals surface area contributed by atoms with E-state index in [0.717, 1.165) is 25.4 Å². The van der Waals surface area contributed by atoms with Gasteiger partial charge in [0.1, 0.15) is 0 Å². The SMILES string of the molecule is CN(CCCO)CC1CC(N)C1. The van der Waals surface area contributed by atoms with E-state index in [9.17, 15) is 0 Å². The summed E-state index contributed by atoms with van der Waals surface area (Å²) >= 11 is 0. The van der Waals surface area contributed by atoms with Crippen LogP contribution in [0.4, 0.5) is 0 Å². The summed E-state index contributed by atoms with van der Waals surface area (Å²) in [5.74, 6) is 0.809. The summed E-state index contributed by atoms with van der Waals surface area (Å²) < 4.78 is 0. The van der Waals surface area contributed by atoms with Crippen LogP contribution in [0.15, 0.2) is 0 Å². The standard InChI is InChI=1S/C9H20N2O/c1-11(3-2-4-12)7-8-5-9(10)6-8/h8-9,12H,2-7,10H2,1H3. The Morgan fingerprint density at radius 2 is 2.17 bits per heavy atom. The number of nitrogens with zero attached hydrogens (tertiary/aromatic N) is 1. The molecule has 0 atom stereocenters. The fourth-order valence-electron chi connectivity index (χ4n) is 1.81. The van der Waals surface area contributed by atoms with Crippen molar-refractivity contribution < 1.29 is 5.11 Å². The molecule has 0 aromatic heterocycles. The highest BCUT2D eigenvalue weighted by Crippen LogP contribution is 2.25. The quantitative estimate of drug-likeness (QED) is 0.615. The monoisotopic (exact) mass is 172 g/mol. The molecule has 3 heteroatoms. The maximum Gasteiger partial charge on any atom is 0.0443 e. The highest BCUT2D eigenvalue weighted by molar-refractivity contribution is 4.83. The fourth-order valence-corrected chi connectivity index (χ4v) is 1.81. The van der Waals surface area contributed by atoms with Gasteiger partial charge in [-0.25, -0.2) is 0 Å². The molecule has 0 saturated heterocycles. The van der Waals surface area contributed by atoms with Crippen LogP contribution in [-0.2, 0) is 0 Å². The minimum Gasteiger partial charge on any atom is -0.396 e. The van der Waals surface area contributed by atoms with Gasteiger partial charge in [0.15, 0.2) is 0 Å². The van der Waals surface area contributed by atoms with Gasteiger partial charge in [0.2, 0.25) is 0 Å². The zero-order chi connectivity index (χ0) is 8.97. The van der Waals surface area contributed by atoms with E-state index in [0.29, 0.717) is 12.6 Å². The van der Waals surface area contributed by atoms with Crippen LogP contribution in [0.5, 0.6) is 0 Å². The average Bonchev–Trinajstić information content (AvgIpc) is 1.98. The van der Waals surface area contributed by atoms with Crippen LogP contribution in [0.2, 0.25) is 0 Å². The topological polar surface area (TPSA) is 49.5 Å². The first-order valence-electron chi connectivity index (χ1n) is 4.77. The van der Waals surface area contributed by atoms with E-state index in [1.54, 1.807) is 0 Å². The summed E-state index contributed by atoms with van der Waals surface area (Å²) in [5, 5.41) is 8.62. The largest absolute Gasteiger partial charge is 0.396 e. The summed E-state index contributed by atoms with van der Waals surface area (Å²) in [6.45, 7) is 2.45. The lowest BCUT2D eigenvalue weighted by Crippen LogP contribution is -2.42. The van der Waals surface area contributed by atoms with Gasteiger partial charge in [0.05, 0.1) is 0 Å². The third-order valence-electron chi connectivity index (χ3n) is 2.54. The highest BCUT2D eigenvalue weighted by Gasteiger charge is 2.26. The van der Waals surface area contributed by atoms with E-state index < -0.39 is 0 Å². The van der Waals surface area contributed by atoms with Crippen LogP contribution in [-0.4, -0.2) is 42.8 Å². The van der Waals surface area contributed by atoms with Crippen LogP contribution >= 0.6 is 0 Å². The second kappa shape index (κ2) is 4.80. The van der Waals surface area contributed by atoms with Gasteiger partial charge >= 0.3 is 0 Å². The van der Waals surface area contributed by atoms with Crippen molar-refractivity contribution in [3.05, 3.63) is 0 Å². The van der Waals surface area contributed by atoms with Gasteiger partial charge in [0.25, 0.3) is 0 Å². The molecule has 0 heterocycles. The van der Waals surface area contributed by atoms with Crippen molar-refractivity contribution in [1.82, 2.24) is 4.90 Å². The van der Waals surface area contributed by atoms with E-state index in [1.165, 1.54) is 12.8 Å². The first kappa shape index (κ1) is 9.96. The van der Waals surface area contributed by atoms with Gasteiger partial charge in [-0.3, -0.25) is 0 Å². The summed E-state index contributed by atoms with van der Waals surface area (Å²) in [7, 11) is 2.11. The summed E-state index contributed by atoms with van der Waals surface area (Å²) in [5.41, 5.74) is 5.69. The Morgan fingerprint density at radius 1 is 1.50 bits per heavy atom. The van der Waals surface area contributed by atoms with Crippen molar-refractivity contribution >= 4 is 0 Å². The fraction of sp³-hybridized carbons (Fsp3) is 1.00. The van der Waals surface area contributed by atoms with Gasteiger partial charge in [-0.05, 0) is 32.2 Å². The summed E-state index contributed by atoms with van der Waals surface area (Å²) in [6.07, 6.45) is 3.25. The Balaban J connectivity index is 1.98. The Bertz CT molecular complexity index is 124. The van der Waals surface area contributed by atoms with Gasteiger partial charge < -0.3 is 15.7 Å². The van der Waals surface area contributed by atoms with Gasteiger partial charge in [-0.15, -0.1) is 0 Å². The highest BCUT2D eigenvalue weighted by atomic mass is 16.3. The van der Waals surface area contributed by atoms with Gasteiger partial charge in [-0.1, -0.05) is 0 Å². The van der Waals surface area contributed by atoms with Crippen molar-refractivity contribution in [2.45, 2.75) is 25.3 Å². The smallest absolute Gasteiger partial charge is 0.0443 e. The Kier molecular flexibility index (Phi) is 3.98. The maximum absolute atomic E-state index is 8.62. The van der Waals surface area contributed by atoms with Gasteiger partial charge in [0, 0.05) is 25.7 Å². The number of hydrogen-bond acceptors (Lipinski definition) is 3. The zero-order valence-electron chi connectivity index (χ0n) is 7.87. The Hall–Kier alpha value is -0.120. The predicted octanol–water partition coefficient (Wildman–Crippen LogP) is 0.0379. The van der Waals surface area contributed by atoms with E-state index in [-0.39, 0.29) is 0 Å². The molecule has 0 aliphatic heterocycles. The molecule has 3 nitrogen and oxygen atoms in total. The molecular weight excluding hydrogens is 152 g/mol. The second-order valence-electron chi connectivity index (χ2n) is 3.94. The molecule has 0 amide bonds. The van der Waals surface area contributed by atoms with Crippen LogP contribution in [0.1, 0.15) is 19.3 Å².